The molecule has 8 heavy (non-hydrogen) atoms. The predicted molar refractivity (Wildman–Crippen MR) is 29.3 cm³/mol. The fourth-order valence-electron chi connectivity index (χ4n) is 0.653. The Balaban J connectivity index is 2.64. The average Bonchev–Trinajstić information content (AvgIpc) is 1.64. The van der Waals surface area contributed by atoms with Crippen molar-refractivity contribution < 1.29 is 9.53 Å². The number of allylic oxidation sites excluding steroid dienone is 2. The molecule has 0 aromatic heterocycles. The molecule has 0 bridgehead atoms. The van der Waals surface area contributed by atoms with Crippen LogP contribution in [0.4, 0.5) is 0 Å². The summed E-state index contributed by atoms with van der Waals surface area (Å²) >= 11 is 0. The number of carbonyl (C=O) groups is 1. The second kappa shape index (κ2) is 1.99. The molecule has 0 aliphatic carbocycles. The van der Waals surface area contributed by atoms with Crippen molar-refractivity contribution in [2.45, 2.75) is 13.3 Å². The second-order valence-electron chi connectivity index (χ2n) is 1.82. The minimum absolute atomic E-state index is 0.175. The Labute approximate surface area is 48.1 Å². The van der Waals surface area contributed by atoms with Gasteiger partial charge in [-0.1, -0.05) is 0 Å². The van der Waals surface area contributed by atoms with Crippen molar-refractivity contribution in [3.05, 3.63) is 11.8 Å². The average molecular weight is 112 g/mol. The lowest BCUT2D eigenvalue weighted by Crippen LogP contribution is -2.07. The summed E-state index contributed by atoms with van der Waals surface area (Å²) in [5, 5.41) is 0. The lowest BCUT2D eigenvalue weighted by Gasteiger charge is -2.08. The van der Waals surface area contributed by atoms with Gasteiger partial charge in [0.25, 0.3) is 0 Å². The molecular weight excluding hydrogens is 104 g/mol. The number of rotatable bonds is 0. The highest BCUT2D eigenvalue weighted by molar-refractivity contribution is 5.90. The molecule has 1 aliphatic heterocycles. The third-order valence-corrected chi connectivity index (χ3v) is 1.04. The van der Waals surface area contributed by atoms with Crippen molar-refractivity contribution in [3.63, 3.8) is 0 Å². The monoisotopic (exact) mass is 112 g/mol. The molecule has 0 radical (unpaired) electrons. The Bertz CT molecular complexity index is 135. The topological polar surface area (TPSA) is 26.3 Å². The molecule has 1 aliphatic rings. The molecule has 2 nitrogen and oxygen atoms in total. The molecular formula is C6H8O2. The summed E-state index contributed by atoms with van der Waals surface area (Å²) in [5.74, 6) is 0.912. The van der Waals surface area contributed by atoms with Gasteiger partial charge in [-0.2, -0.15) is 0 Å². The molecule has 0 atom stereocenters. The maximum absolute atomic E-state index is 10.5. The molecule has 2 heteroatoms. The van der Waals surface area contributed by atoms with Crippen LogP contribution in [0.2, 0.25) is 0 Å². The van der Waals surface area contributed by atoms with E-state index in [-0.39, 0.29) is 5.78 Å². The zero-order chi connectivity index (χ0) is 5.98. The quantitative estimate of drug-likeness (QED) is 0.465. The van der Waals surface area contributed by atoms with Gasteiger partial charge in [-0.05, 0) is 6.92 Å². The van der Waals surface area contributed by atoms with Gasteiger partial charge < -0.3 is 4.74 Å². The maximum Gasteiger partial charge on any atom is 0.162 e. The van der Waals surface area contributed by atoms with Crippen LogP contribution in [0.1, 0.15) is 13.3 Å². The molecule has 0 saturated carbocycles. The highest BCUT2D eigenvalue weighted by Crippen LogP contribution is 2.04. The van der Waals surface area contributed by atoms with Gasteiger partial charge in [-0.25, -0.2) is 0 Å². The van der Waals surface area contributed by atoms with E-state index in [0.29, 0.717) is 13.0 Å². The second-order valence-corrected chi connectivity index (χ2v) is 1.82. The minimum atomic E-state index is 0.175. The van der Waals surface area contributed by atoms with Crippen molar-refractivity contribution in [3.8, 4) is 0 Å². The Morgan fingerprint density at radius 1 is 1.75 bits per heavy atom. The molecule has 1 heterocycles. The summed E-state index contributed by atoms with van der Waals surface area (Å²) in [4.78, 5) is 10.5. The van der Waals surface area contributed by atoms with Crippen LogP contribution >= 0.6 is 0 Å². The van der Waals surface area contributed by atoms with Crippen molar-refractivity contribution in [1.82, 2.24) is 0 Å². The zero-order valence-electron chi connectivity index (χ0n) is 4.81. The van der Waals surface area contributed by atoms with Gasteiger partial charge in [0.2, 0.25) is 0 Å². The van der Waals surface area contributed by atoms with Crippen LogP contribution in [0.5, 0.6) is 0 Å². The highest BCUT2D eigenvalue weighted by Gasteiger charge is 2.05. The molecule has 44 valence electrons. The van der Waals surface area contributed by atoms with E-state index in [2.05, 4.69) is 0 Å². The molecule has 0 aromatic rings. The molecule has 0 N–H and O–H groups in total. The van der Waals surface area contributed by atoms with Gasteiger partial charge in [0.05, 0.1) is 12.4 Å². The fourth-order valence-corrected chi connectivity index (χ4v) is 0.653. The fraction of sp³-hybridized carbons (Fsp3) is 0.500. The molecule has 0 saturated heterocycles. The van der Waals surface area contributed by atoms with Gasteiger partial charge in [-0.15, -0.1) is 0 Å². The summed E-state index contributed by atoms with van der Waals surface area (Å²) in [5.41, 5.74) is 0. The smallest absolute Gasteiger partial charge is 0.162 e. The SMILES string of the molecule is CC1=CC(=O)CCO1. The summed E-state index contributed by atoms with van der Waals surface area (Å²) in [6.07, 6.45) is 2.07. The Morgan fingerprint density at radius 3 is 2.88 bits per heavy atom. The first-order valence-corrected chi connectivity index (χ1v) is 2.63. The Hall–Kier alpha value is -0.790. The lowest BCUT2D eigenvalue weighted by atomic mass is 10.2. The van der Waals surface area contributed by atoms with Crippen LogP contribution in [-0.4, -0.2) is 12.4 Å². The van der Waals surface area contributed by atoms with E-state index in [0.717, 1.165) is 5.76 Å². The van der Waals surface area contributed by atoms with E-state index in [1.54, 1.807) is 6.92 Å². The van der Waals surface area contributed by atoms with E-state index in [9.17, 15) is 4.79 Å². The minimum Gasteiger partial charge on any atom is -0.498 e. The summed E-state index contributed by atoms with van der Waals surface area (Å²) in [6, 6.07) is 0. The van der Waals surface area contributed by atoms with Gasteiger partial charge >= 0.3 is 0 Å². The lowest BCUT2D eigenvalue weighted by molar-refractivity contribution is -0.116. The number of hydrogen-bond acceptors (Lipinski definition) is 2. The summed E-state index contributed by atoms with van der Waals surface area (Å²) < 4.78 is 4.99. The van der Waals surface area contributed by atoms with E-state index in [1.807, 2.05) is 0 Å². The number of carbonyl (C=O) groups excluding carboxylic acids is 1. The largest absolute Gasteiger partial charge is 0.498 e. The van der Waals surface area contributed by atoms with Gasteiger partial charge in [0.15, 0.2) is 5.78 Å². The van der Waals surface area contributed by atoms with Crippen LogP contribution in [0.15, 0.2) is 11.8 Å². The summed E-state index contributed by atoms with van der Waals surface area (Å²) in [7, 11) is 0. The van der Waals surface area contributed by atoms with Gasteiger partial charge in [0.1, 0.15) is 0 Å². The Kier molecular flexibility index (Phi) is 1.33. The third kappa shape index (κ3) is 1.09. The van der Waals surface area contributed by atoms with Crippen molar-refractivity contribution in [2.24, 2.45) is 0 Å². The first-order valence-electron chi connectivity index (χ1n) is 2.63. The number of hydrogen-bond donors (Lipinski definition) is 0. The molecule has 1 rings (SSSR count). The van der Waals surface area contributed by atoms with E-state index < -0.39 is 0 Å². The summed E-state index contributed by atoms with van der Waals surface area (Å²) in [6.45, 7) is 2.35. The number of ketones is 1. The predicted octanol–water partition coefficient (Wildman–Crippen LogP) is 0.880. The van der Waals surface area contributed by atoms with E-state index in [1.165, 1.54) is 6.08 Å². The van der Waals surface area contributed by atoms with Crippen LogP contribution < -0.4 is 0 Å². The van der Waals surface area contributed by atoms with Crippen molar-refractivity contribution in [2.75, 3.05) is 6.61 Å². The maximum atomic E-state index is 10.5. The highest BCUT2D eigenvalue weighted by atomic mass is 16.5. The zero-order valence-corrected chi connectivity index (χ0v) is 4.81. The van der Waals surface area contributed by atoms with Crippen LogP contribution in [0.3, 0.4) is 0 Å². The standard InChI is InChI=1S/C6H8O2/c1-5-4-6(7)2-3-8-5/h4H,2-3H2,1H3. The van der Waals surface area contributed by atoms with Crippen molar-refractivity contribution in [1.29, 1.82) is 0 Å². The molecule has 0 unspecified atom stereocenters. The molecule has 0 aromatic carbocycles. The van der Waals surface area contributed by atoms with Crippen LogP contribution in [-0.2, 0) is 9.53 Å². The first-order chi connectivity index (χ1) is 3.79. The number of ether oxygens (including phenoxy) is 1. The van der Waals surface area contributed by atoms with Gasteiger partial charge in [0, 0.05) is 12.5 Å². The molecule has 0 fully saturated rings. The Morgan fingerprint density at radius 2 is 2.50 bits per heavy atom. The first kappa shape index (κ1) is 5.35. The van der Waals surface area contributed by atoms with Crippen LogP contribution in [0.25, 0.3) is 0 Å². The van der Waals surface area contributed by atoms with Crippen LogP contribution in [0, 0.1) is 0 Å². The third-order valence-electron chi connectivity index (χ3n) is 1.04. The van der Waals surface area contributed by atoms with Gasteiger partial charge in [-0.3, -0.25) is 4.79 Å². The normalized spacial score (nSPS) is 19.6. The van der Waals surface area contributed by atoms with E-state index >= 15 is 0 Å². The molecule has 0 spiro atoms. The van der Waals surface area contributed by atoms with Crippen molar-refractivity contribution >= 4 is 5.78 Å². The van der Waals surface area contributed by atoms with E-state index in [4.69, 9.17) is 4.74 Å². The molecule has 0 amide bonds.